The Labute approximate surface area is 182 Å². The van der Waals surface area contributed by atoms with E-state index in [4.69, 9.17) is 0 Å². The van der Waals surface area contributed by atoms with Crippen molar-refractivity contribution in [2.45, 2.75) is 12.8 Å². The molecule has 150 valence electrons. The average molecular weight is 495 g/mol. The Morgan fingerprint density at radius 2 is 1.82 bits per heavy atom. The van der Waals surface area contributed by atoms with E-state index in [-0.39, 0.29) is 29.8 Å². The predicted molar refractivity (Wildman–Crippen MR) is 126 cm³/mol. The number of rotatable bonds is 8. The number of guanidine groups is 1. The second-order valence-corrected chi connectivity index (χ2v) is 6.33. The van der Waals surface area contributed by atoms with Gasteiger partial charge in [-0.3, -0.25) is 4.99 Å². The molecule has 4 N–H and O–H groups in total. The largest absolute Gasteiger partial charge is 0.385 e. The topological polar surface area (TPSA) is 64.2 Å². The summed E-state index contributed by atoms with van der Waals surface area (Å²) >= 11 is 0. The molecule has 3 aromatic rings. The lowest BCUT2D eigenvalue weighted by molar-refractivity contribution is 0.629. The van der Waals surface area contributed by atoms with Gasteiger partial charge >= 0.3 is 0 Å². The molecule has 0 radical (unpaired) electrons. The van der Waals surface area contributed by atoms with Crippen LogP contribution in [0.1, 0.15) is 12.0 Å². The minimum absolute atomic E-state index is 0. The van der Waals surface area contributed by atoms with Gasteiger partial charge in [-0.15, -0.1) is 24.0 Å². The van der Waals surface area contributed by atoms with Crippen molar-refractivity contribution in [1.29, 1.82) is 0 Å². The number of H-pyrrole nitrogens is 1. The summed E-state index contributed by atoms with van der Waals surface area (Å²) in [5.41, 5.74) is 3.14. The highest BCUT2D eigenvalue weighted by molar-refractivity contribution is 14.0. The van der Waals surface area contributed by atoms with Crippen LogP contribution in [0.3, 0.4) is 0 Å². The molecule has 0 saturated heterocycles. The Morgan fingerprint density at radius 3 is 2.61 bits per heavy atom. The van der Waals surface area contributed by atoms with Gasteiger partial charge in [-0.05, 0) is 48.7 Å². The van der Waals surface area contributed by atoms with Crippen LogP contribution in [-0.2, 0) is 6.42 Å². The second-order valence-electron chi connectivity index (χ2n) is 6.33. The predicted octanol–water partition coefficient (Wildman–Crippen LogP) is 4.13. The molecule has 28 heavy (non-hydrogen) atoms. The van der Waals surface area contributed by atoms with Gasteiger partial charge in [-0.2, -0.15) is 0 Å². The van der Waals surface area contributed by atoms with E-state index in [1.807, 2.05) is 30.5 Å². The number of hydrogen-bond acceptors (Lipinski definition) is 2. The molecule has 0 aliphatic carbocycles. The van der Waals surface area contributed by atoms with E-state index in [0.29, 0.717) is 0 Å². The molecule has 0 atom stereocenters. The molecule has 0 unspecified atom stereocenters. The molecule has 0 saturated carbocycles. The number of para-hydroxylation sites is 1. The van der Waals surface area contributed by atoms with Crippen molar-refractivity contribution in [2.24, 2.45) is 4.99 Å². The molecule has 1 aromatic heterocycles. The third-order valence-electron chi connectivity index (χ3n) is 4.39. The normalized spacial score (nSPS) is 11.1. The molecule has 0 spiro atoms. The molecule has 0 fully saturated rings. The van der Waals surface area contributed by atoms with Gasteiger partial charge in [0.15, 0.2) is 5.96 Å². The summed E-state index contributed by atoms with van der Waals surface area (Å²) in [5, 5.41) is 11.1. The molecule has 0 aliphatic heterocycles. The monoisotopic (exact) mass is 495 g/mol. The van der Waals surface area contributed by atoms with Gasteiger partial charge in [0.25, 0.3) is 0 Å². The summed E-state index contributed by atoms with van der Waals surface area (Å²) in [5.74, 6) is 0.570. The third kappa shape index (κ3) is 6.40. The van der Waals surface area contributed by atoms with Crippen molar-refractivity contribution in [1.82, 2.24) is 15.6 Å². The van der Waals surface area contributed by atoms with Crippen LogP contribution in [0.2, 0.25) is 0 Å². The smallest absolute Gasteiger partial charge is 0.190 e. The van der Waals surface area contributed by atoms with Gasteiger partial charge in [0.1, 0.15) is 5.82 Å². The molecular weight excluding hydrogens is 468 g/mol. The van der Waals surface area contributed by atoms with E-state index in [2.05, 4.69) is 38.1 Å². The van der Waals surface area contributed by atoms with Crippen molar-refractivity contribution in [3.8, 4) is 0 Å². The average Bonchev–Trinajstić information content (AvgIpc) is 3.09. The van der Waals surface area contributed by atoms with Crippen LogP contribution in [0.4, 0.5) is 10.1 Å². The van der Waals surface area contributed by atoms with Crippen molar-refractivity contribution in [3.05, 3.63) is 66.1 Å². The van der Waals surface area contributed by atoms with Crippen LogP contribution in [0.5, 0.6) is 0 Å². The number of halogens is 2. The summed E-state index contributed by atoms with van der Waals surface area (Å²) in [6.45, 7) is 2.50. The molecule has 5 nitrogen and oxygen atoms in total. The van der Waals surface area contributed by atoms with Crippen LogP contribution < -0.4 is 16.0 Å². The fourth-order valence-electron chi connectivity index (χ4n) is 2.99. The number of anilines is 1. The van der Waals surface area contributed by atoms with E-state index < -0.39 is 0 Å². The van der Waals surface area contributed by atoms with Crippen molar-refractivity contribution < 1.29 is 4.39 Å². The molecule has 1 heterocycles. The number of benzene rings is 2. The van der Waals surface area contributed by atoms with E-state index in [1.54, 1.807) is 7.05 Å². The fraction of sp³-hybridized carbons (Fsp3) is 0.286. The second kappa shape index (κ2) is 11.5. The molecule has 0 amide bonds. The number of aliphatic imine (C=N–C) groups is 1. The highest BCUT2D eigenvalue weighted by Crippen LogP contribution is 2.19. The minimum atomic E-state index is -0.222. The Kier molecular flexibility index (Phi) is 9.06. The molecule has 7 heteroatoms. The number of aromatic amines is 1. The summed E-state index contributed by atoms with van der Waals surface area (Å²) < 4.78 is 13.3. The fourth-order valence-corrected chi connectivity index (χ4v) is 2.99. The van der Waals surface area contributed by atoms with Gasteiger partial charge in [0.2, 0.25) is 0 Å². The first-order valence-electron chi connectivity index (χ1n) is 9.25. The maximum absolute atomic E-state index is 13.3. The van der Waals surface area contributed by atoms with E-state index in [9.17, 15) is 4.39 Å². The Hall–Kier alpha value is -2.29. The highest BCUT2D eigenvalue weighted by atomic mass is 127. The third-order valence-corrected chi connectivity index (χ3v) is 4.39. The van der Waals surface area contributed by atoms with Crippen molar-refractivity contribution in [3.63, 3.8) is 0 Å². The molecule has 0 aliphatic rings. The number of aromatic nitrogens is 1. The lowest BCUT2D eigenvalue weighted by Crippen LogP contribution is -2.39. The lowest BCUT2D eigenvalue weighted by atomic mass is 10.1. The van der Waals surface area contributed by atoms with Gasteiger partial charge in [0, 0.05) is 49.5 Å². The quantitative estimate of drug-likeness (QED) is 0.165. The van der Waals surface area contributed by atoms with Crippen LogP contribution in [0.15, 0.2) is 59.7 Å². The number of nitrogens with one attached hydrogen (secondary N) is 4. The summed E-state index contributed by atoms with van der Waals surface area (Å²) in [6, 6.07) is 15.0. The summed E-state index contributed by atoms with van der Waals surface area (Å²) in [7, 11) is 1.77. The van der Waals surface area contributed by atoms with Crippen molar-refractivity contribution in [2.75, 3.05) is 32.0 Å². The van der Waals surface area contributed by atoms with Crippen molar-refractivity contribution >= 4 is 46.5 Å². The molecule has 3 rings (SSSR count). The van der Waals surface area contributed by atoms with E-state index in [1.165, 1.54) is 17.7 Å². The van der Waals surface area contributed by atoms with E-state index >= 15 is 0 Å². The Morgan fingerprint density at radius 1 is 1.04 bits per heavy atom. The number of hydrogen-bond donors (Lipinski definition) is 4. The van der Waals surface area contributed by atoms with Crippen LogP contribution >= 0.6 is 24.0 Å². The summed E-state index contributed by atoms with van der Waals surface area (Å²) in [6.07, 6.45) is 3.77. The maximum atomic E-state index is 13.3. The van der Waals surface area contributed by atoms with Crippen LogP contribution in [-0.4, -0.2) is 37.6 Å². The van der Waals surface area contributed by atoms with Crippen LogP contribution in [0.25, 0.3) is 10.9 Å². The first kappa shape index (κ1) is 22.0. The first-order valence-corrected chi connectivity index (χ1v) is 9.25. The molecule has 2 aromatic carbocycles. The van der Waals surface area contributed by atoms with Gasteiger partial charge < -0.3 is 20.9 Å². The van der Waals surface area contributed by atoms with Gasteiger partial charge in [-0.1, -0.05) is 18.2 Å². The first-order chi connectivity index (χ1) is 13.3. The summed E-state index contributed by atoms with van der Waals surface area (Å²) in [4.78, 5) is 7.38. The zero-order valence-corrected chi connectivity index (χ0v) is 18.3. The zero-order valence-electron chi connectivity index (χ0n) is 16.0. The maximum Gasteiger partial charge on any atom is 0.190 e. The molecular formula is C21H27FIN5. The lowest BCUT2D eigenvalue weighted by Gasteiger charge is -2.12. The van der Waals surface area contributed by atoms with Gasteiger partial charge in [-0.25, -0.2) is 4.39 Å². The Bertz CT molecular complexity index is 879. The zero-order chi connectivity index (χ0) is 18.9. The SMILES string of the molecule is CN=C(NCCCNc1ccccc1)NCCc1c[nH]c2cc(F)ccc12.I. The Balaban J connectivity index is 0.00000280. The van der Waals surface area contributed by atoms with Crippen LogP contribution in [0, 0.1) is 5.82 Å². The number of nitrogens with zero attached hydrogens (tertiary/aromatic N) is 1. The minimum Gasteiger partial charge on any atom is -0.385 e. The highest BCUT2D eigenvalue weighted by Gasteiger charge is 2.05. The molecule has 0 bridgehead atoms. The van der Waals surface area contributed by atoms with E-state index in [0.717, 1.165) is 55.0 Å². The van der Waals surface area contributed by atoms with Gasteiger partial charge in [0.05, 0.1) is 0 Å². The standard InChI is InChI=1S/C21H26FN5.HI/c1-23-21(25-12-5-11-24-18-6-3-2-4-7-18)26-13-10-16-15-27-20-14-17(22)8-9-19(16)20;/h2-4,6-9,14-15,24,27H,5,10-13H2,1H3,(H2,23,25,26);1H. The number of fused-ring (bicyclic) bond motifs is 1.